The predicted molar refractivity (Wildman–Crippen MR) is 75.1 cm³/mol. The van der Waals surface area contributed by atoms with E-state index in [1.165, 1.54) is 0 Å². The van der Waals surface area contributed by atoms with E-state index in [2.05, 4.69) is 5.32 Å². The van der Waals surface area contributed by atoms with Gasteiger partial charge in [-0.2, -0.15) is 0 Å². The molecule has 0 bridgehead atoms. The number of amides is 1. The standard InChI is InChI=1S/C15H21NO3/c1-4-10-19-15(18)12-6-8-13(9-7-12)16-14(17)11(3)5-2/h6-9,11H,4-5,10H2,1-3H3,(H,16,17). The topological polar surface area (TPSA) is 55.4 Å². The lowest BCUT2D eigenvalue weighted by atomic mass is 10.1. The molecule has 1 aromatic carbocycles. The molecule has 0 saturated carbocycles. The van der Waals surface area contributed by atoms with Gasteiger partial charge in [0.15, 0.2) is 0 Å². The Balaban J connectivity index is 2.61. The van der Waals surface area contributed by atoms with E-state index in [0.717, 1.165) is 12.8 Å². The molecule has 0 aromatic heterocycles. The van der Waals surface area contributed by atoms with Crippen molar-refractivity contribution in [3.05, 3.63) is 29.8 Å². The van der Waals surface area contributed by atoms with E-state index in [1.54, 1.807) is 24.3 Å². The molecule has 0 aliphatic heterocycles. The van der Waals surface area contributed by atoms with Crippen molar-refractivity contribution in [2.24, 2.45) is 5.92 Å². The van der Waals surface area contributed by atoms with Crippen LogP contribution < -0.4 is 5.32 Å². The number of hydrogen-bond donors (Lipinski definition) is 1. The largest absolute Gasteiger partial charge is 0.462 e. The van der Waals surface area contributed by atoms with Crippen LogP contribution in [0.3, 0.4) is 0 Å². The van der Waals surface area contributed by atoms with Gasteiger partial charge in [-0.25, -0.2) is 4.79 Å². The Morgan fingerprint density at radius 1 is 1.21 bits per heavy atom. The molecule has 4 nitrogen and oxygen atoms in total. The first kappa shape index (κ1) is 15.2. The van der Waals surface area contributed by atoms with E-state index in [0.29, 0.717) is 17.9 Å². The number of anilines is 1. The minimum atomic E-state index is -0.332. The average Bonchev–Trinajstić information content (AvgIpc) is 2.44. The third kappa shape index (κ3) is 4.73. The highest BCUT2D eigenvalue weighted by atomic mass is 16.5. The maximum atomic E-state index is 11.7. The lowest BCUT2D eigenvalue weighted by molar-refractivity contribution is -0.119. The first-order chi connectivity index (χ1) is 9.08. The highest BCUT2D eigenvalue weighted by Crippen LogP contribution is 2.13. The van der Waals surface area contributed by atoms with Gasteiger partial charge in [-0.05, 0) is 37.1 Å². The third-order valence-electron chi connectivity index (χ3n) is 2.89. The first-order valence-corrected chi connectivity index (χ1v) is 6.66. The van der Waals surface area contributed by atoms with Crippen molar-refractivity contribution < 1.29 is 14.3 Å². The number of rotatable bonds is 6. The average molecular weight is 263 g/mol. The summed E-state index contributed by atoms with van der Waals surface area (Å²) in [4.78, 5) is 23.3. The van der Waals surface area contributed by atoms with Gasteiger partial charge in [-0.3, -0.25) is 4.79 Å². The zero-order chi connectivity index (χ0) is 14.3. The molecule has 0 radical (unpaired) electrons. The zero-order valence-corrected chi connectivity index (χ0v) is 11.7. The Bertz CT molecular complexity index is 426. The normalized spacial score (nSPS) is 11.7. The summed E-state index contributed by atoms with van der Waals surface area (Å²) in [6, 6.07) is 6.74. The molecule has 0 spiro atoms. The Labute approximate surface area is 114 Å². The second-order valence-electron chi connectivity index (χ2n) is 4.51. The number of carbonyl (C=O) groups is 2. The molecule has 1 atom stereocenters. The SMILES string of the molecule is CCCOC(=O)c1ccc(NC(=O)C(C)CC)cc1. The molecule has 1 amide bonds. The summed E-state index contributed by atoms with van der Waals surface area (Å²) in [7, 11) is 0. The molecular formula is C15H21NO3. The second-order valence-corrected chi connectivity index (χ2v) is 4.51. The van der Waals surface area contributed by atoms with Crippen molar-refractivity contribution in [3.8, 4) is 0 Å². The van der Waals surface area contributed by atoms with Gasteiger partial charge in [-0.1, -0.05) is 20.8 Å². The van der Waals surface area contributed by atoms with E-state index >= 15 is 0 Å². The predicted octanol–water partition coefficient (Wildman–Crippen LogP) is 3.24. The molecule has 19 heavy (non-hydrogen) atoms. The van der Waals surface area contributed by atoms with E-state index in [9.17, 15) is 9.59 Å². The van der Waals surface area contributed by atoms with Crippen molar-refractivity contribution in [2.45, 2.75) is 33.6 Å². The summed E-state index contributed by atoms with van der Waals surface area (Å²) >= 11 is 0. The fraction of sp³-hybridized carbons (Fsp3) is 0.467. The number of esters is 1. The van der Waals surface area contributed by atoms with Crippen LogP contribution in [0.5, 0.6) is 0 Å². The molecule has 1 rings (SSSR count). The van der Waals surface area contributed by atoms with Crippen LogP contribution in [0.15, 0.2) is 24.3 Å². The molecule has 4 heteroatoms. The number of benzene rings is 1. The van der Waals surface area contributed by atoms with Gasteiger partial charge in [0.05, 0.1) is 12.2 Å². The Kier molecular flexibility index (Phi) is 6.06. The maximum Gasteiger partial charge on any atom is 0.338 e. The molecule has 1 aromatic rings. The molecule has 104 valence electrons. The van der Waals surface area contributed by atoms with Gasteiger partial charge in [0.1, 0.15) is 0 Å². The summed E-state index contributed by atoms with van der Waals surface area (Å²) in [6.45, 7) is 6.22. The Morgan fingerprint density at radius 3 is 2.37 bits per heavy atom. The highest BCUT2D eigenvalue weighted by molar-refractivity contribution is 5.94. The number of nitrogens with one attached hydrogen (secondary N) is 1. The van der Waals surface area contributed by atoms with Crippen LogP contribution in [-0.2, 0) is 9.53 Å². The summed E-state index contributed by atoms with van der Waals surface area (Å²) < 4.78 is 5.03. The van der Waals surface area contributed by atoms with Gasteiger partial charge in [0, 0.05) is 11.6 Å². The minimum absolute atomic E-state index is 0.0104. The van der Waals surface area contributed by atoms with Crippen LogP contribution in [0.1, 0.15) is 44.0 Å². The van der Waals surface area contributed by atoms with Crippen LogP contribution in [0.25, 0.3) is 0 Å². The third-order valence-corrected chi connectivity index (χ3v) is 2.89. The zero-order valence-electron chi connectivity index (χ0n) is 11.7. The van der Waals surface area contributed by atoms with E-state index in [1.807, 2.05) is 20.8 Å². The Hall–Kier alpha value is -1.84. The van der Waals surface area contributed by atoms with Crippen LogP contribution in [0, 0.1) is 5.92 Å². The summed E-state index contributed by atoms with van der Waals surface area (Å²) in [5.74, 6) is -0.361. The molecular weight excluding hydrogens is 242 g/mol. The summed E-state index contributed by atoms with van der Waals surface area (Å²) in [5.41, 5.74) is 1.19. The van der Waals surface area contributed by atoms with Crippen LogP contribution in [0.4, 0.5) is 5.69 Å². The second kappa shape index (κ2) is 7.56. The molecule has 0 aliphatic carbocycles. The fourth-order valence-electron chi connectivity index (χ4n) is 1.42. The first-order valence-electron chi connectivity index (χ1n) is 6.66. The quantitative estimate of drug-likeness (QED) is 0.802. The lowest BCUT2D eigenvalue weighted by Crippen LogP contribution is -2.19. The fourth-order valence-corrected chi connectivity index (χ4v) is 1.42. The van der Waals surface area contributed by atoms with Crippen LogP contribution >= 0.6 is 0 Å². The molecule has 0 heterocycles. The van der Waals surface area contributed by atoms with Gasteiger partial charge < -0.3 is 10.1 Å². The van der Waals surface area contributed by atoms with Crippen molar-refractivity contribution in [1.82, 2.24) is 0 Å². The number of hydrogen-bond acceptors (Lipinski definition) is 3. The minimum Gasteiger partial charge on any atom is -0.462 e. The van der Waals surface area contributed by atoms with Crippen molar-refractivity contribution in [3.63, 3.8) is 0 Å². The van der Waals surface area contributed by atoms with Gasteiger partial charge in [-0.15, -0.1) is 0 Å². The van der Waals surface area contributed by atoms with E-state index < -0.39 is 0 Å². The smallest absolute Gasteiger partial charge is 0.338 e. The molecule has 0 fully saturated rings. The van der Waals surface area contributed by atoms with Crippen LogP contribution in [0.2, 0.25) is 0 Å². The number of carbonyl (C=O) groups excluding carboxylic acids is 2. The summed E-state index contributed by atoms with van der Waals surface area (Å²) in [6.07, 6.45) is 1.60. The monoisotopic (exact) mass is 263 g/mol. The molecule has 1 unspecified atom stereocenters. The van der Waals surface area contributed by atoms with E-state index in [-0.39, 0.29) is 17.8 Å². The van der Waals surface area contributed by atoms with Crippen molar-refractivity contribution in [1.29, 1.82) is 0 Å². The maximum absolute atomic E-state index is 11.7. The van der Waals surface area contributed by atoms with Gasteiger partial charge in [0.25, 0.3) is 0 Å². The van der Waals surface area contributed by atoms with Crippen LogP contribution in [-0.4, -0.2) is 18.5 Å². The molecule has 1 N–H and O–H groups in total. The lowest BCUT2D eigenvalue weighted by Gasteiger charge is -2.10. The van der Waals surface area contributed by atoms with Crippen molar-refractivity contribution in [2.75, 3.05) is 11.9 Å². The van der Waals surface area contributed by atoms with E-state index in [4.69, 9.17) is 4.74 Å². The highest BCUT2D eigenvalue weighted by Gasteiger charge is 2.11. The van der Waals surface area contributed by atoms with Crippen molar-refractivity contribution >= 4 is 17.6 Å². The molecule has 0 saturated heterocycles. The molecule has 0 aliphatic rings. The van der Waals surface area contributed by atoms with Gasteiger partial charge in [0.2, 0.25) is 5.91 Å². The number of ether oxygens (including phenoxy) is 1. The summed E-state index contributed by atoms with van der Waals surface area (Å²) in [5, 5.41) is 2.81. The Morgan fingerprint density at radius 2 is 1.84 bits per heavy atom. The van der Waals surface area contributed by atoms with Gasteiger partial charge >= 0.3 is 5.97 Å².